The maximum Gasteiger partial charge on any atom is 0.293 e. The molecule has 2 rings (SSSR count). The van der Waals surface area contributed by atoms with Crippen LogP contribution in [0.1, 0.15) is 51.6 Å². The number of rotatable bonds is 2. The average molecular weight is 320 g/mol. The Labute approximate surface area is 136 Å². The van der Waals surface area contributed by atoms with E-state index < -0.39 is 0 Å². The maximum absolute atomic E-state index is 12.4. The number of nitrogens with zero attached hydrogens (tertiary/aromatic N) is 2. The van der Waals surface area contributed by atoms with E-state index in [4.69, 9.17) is 0 Å². The molecular formula is C17H24N2O2S. The number of aromatic nitrogens is 1. The molecule has 0 unspecified atom stereocenters. The second-order valence-electron chi connectivity index (χ2n) is 6.98. The molecule has 0 spiro atoms. The van der Waals surface area contributed by atoms with Crippen LogP contribution in [-0.2, 0) is 10.3 Å². The van der Waals surface area contributed by atoms with E-state index in [-0.39, 0.29) is 22.7 Å². The van der Waals surface area contributed by atoms with E-state index in [2.05, 4.69) is 45.3 Å². The molecule has 120 valence electrons. The van der Waals surface area contributed by atoms with Crippen molar-refractivity contribution in [3.05, 3.63) is 27.9 Å². The van der Waals surface area contributed by atoms with Gasteiger partial charge in [0.15, 0.2) is 0 Å². The number of hydrogen-bond donors (Lipinski definition) is 0. The van der Waals surface area contributed by atoms with Crippen LogP contribution >= 0.6 is 11.8 Å². The molecule has 22 heavy (non-hydrogen) atoms. The van der Waals surface area contributed by atoms with E-state index in [1.807, 2.05) is 19.9 Å². The molecule has 1 aromatic rings. The third-order valence-electron chi connectivity index (χ3n) is 3.77. The molecule has 1 aliphatic rings. The fourth-order valence-corrected chi connectivity index (χ4v) is 3.98. The summed E-state index contributed by atoms with van der Waals surface area (Å²) in [5.41, 5.74) is 3.25. The predicted molar refractivity (Wildman–Crippen MR) is 91.8 cm³/mol. The molecule has 0 saturated carbocycles. The van der Waals surface area contributed by atoms with Gasteiger partial charge in [-0.15, -0.1) is 0 Å². The second kappa shape index (κ2) is 5.61. The monoisotopic (exact) mass is 320 g/mol. The predicted octanol–water partition coefficient (Wildman–Crippen LogP) is 4.30. The van der Waals surface area contributed by atoms with Crippen LogP contribution in [-0.4, -0.2) is 26.7 Å². The largest absolute Gasteiger partial charge is 0.343 e. The summed E-state index contributed by atoms with van der Waals surface area (Å²) in [6.45, 7) is 14.3. The van der Waals surface area contributed by atoms with Gasteiger partial charge in [-0.1, -0.05) is 0 Å². The number of amides is 2. The van der Waals surface area contributed by atoms with Crippen LogP contribution in [0.4, 0.5) is 4.79 Å². The Balaban J connectivity index is 2.44. The highest BCUT2D eigenvalue weighted by Gasteiger charge is 2.36. The molecule has 0 aliphatic carbocycles. The first-order valence-corrected chi connectivity index (χ1v) is 8.32. The van der Waals surface area contributed by atoms with Crippen LogP contribution in [0.15, 0.2) is 11.0 Å². The van der Waals surface area contributed by atoms with E-state index in [0.717, 1.165) is 28.7 Å². The number of aryl methyl sites for hydroxylation is 1. The third kappa shape index (κ3) is 2.86. The van der Waals surface area contributed by atoms with Gasteiger partial charge in [0.05, 0.1) is 4.91 Å². The summed E-state index contributed by atoms with van der Waals surface area (Å²) in [5.74, 6) is -0.189. The van der Waals surface area contributed by atoms with Gasteiger partial charge in [-0.2, -0.15) is 0 Å². The fraction of sp³-hybridized carbons (Fsp3) is 0.529. The van der Waals surface area contributed by atoms with Crippen molar-refractivity contribution in [2.24, 2.45) is 0 Å². The van der Waals surface area contributed by atoms with Gasteiger partial charge in [-0.3, -0.25) is 14.5 Å². The number of imide groups is 1. The first-order chi connectivity index (χ1) is 10.0. The van der Waals surface area contributed by atoms with Crippen molar-refractivity contribution in [2.45, 2.75) is 60.0 Å². The van der Waals surface area contributed by atoms with Gasteiger partial charge in [-0.25, -0.2) is 0 Å². The zero-order valence-corrected chi connectivity index (χ0v) is 15.2. The zero-order valence-electron chi connectivity index (χ0n) is 14.4. The molecular weight excluding hydrogens is 296 g/mol. The molecule has 5 heteroatoms. The highest BCUT2D eigenvalue weighted by atomic mass is 32.2. The van der Waals surface area contributed by atoms with E-state index in [9.17, 15) is 9.59 Å². The van der Waals surface area contributed by atoms with Crippen molar-refractivity contribution < 1.29 is 9.59 Å². The third-order valence-corrected chi connectivity index (χ3v) is 4.65. The second-order valence-corrected chi connectivity index (χ2v) is 7.97. The van der Waals surface area contributed by atoms with Gasteiger partial charge < -0.3 is 4.57 Å². The van der Waals surface area contributed by atoms with Crippen LogP contribution in [0.5, 0.6) is 0 Å². The van der Waals surface area contributed by atoms with Gasteiger partial charge in [-0.05, 0) is 77.9 Å². The summed E-state index contributed by atoms with van der Waals surface area (Å²) in [6, 6.07) is 1.96. The van der Waals surface area contributed by atoms with Crippen molar-refractivity contribution in [2.75, 3.05) is 0 Å². The van der Waals surface area contributed by atoms with Crippen molar-refractivity contribution in [3.63, 3.8) is 0 Å². The van der Waals surface area contributed by atoms with Crippen LogP contribution in [0.3, 0.4) is 0 Å². The van der Waals surface area contributed by atoms with Crippen LogP contribution in [0.2, 0.25) is 0 Å². The molecule has 2 amide bonds. The highest BCUT2D eigenvalue weighted by Crippen LogP contribution is 2.35. The molecule has 0 aromatic carbocycles. The summed E-state index contributed by atoms with van der Waals surface area (Å²) >= 11 is 1.03. The smallest absolute Gasteiger partial charge is 0.293 e. The van der Waals surface area contributed by atoms with E-state index in [1.165, 1.54) is 4.90 Å². The minimum absolute atomic E-state index is 0.0163. The normalized spacial score (nSPS) is 18.2. The van der Waals surface area contributed by atoms with Crippen molar-refractivity contribution in [3.8, 4) is 0 Å². The van der Waals surface area contributed by atoms with Crippen molar-refractivity contribution in [1.29, 1.82) is 0 Å². The lowest BCUT2D eigenvalue weighted by Crippen LogP contribution is -2.34. The van der Waals surface area contributed by atoms with Gasteiger partial charge in [0.2, 0.25) is 0 Å². The molecule has 0 radical (unpaired) electrons. The van der Waals surface area contributed by atoms with Crippen molar-refractivity contribution in [1.82, 2.24) is 9.47 Å². The summed E-state index contributed by atoms with van der Waals surface area (Å²) in [5, 5.41) is -0.184. The van der Waals surface area contributed by atoms with Crippen LogP contribution < -0.4 is 0 Å². The summed E-state index contributed by atoms with van der Waals surface area (Å²) in [6.07, 6.45) is 1.85. The van der Waals surface area contributed by atoms with Crippen LogP contribution in [0.25, 0.3) is 6.08 Å². The molecule has 4 nitrogen and oxygen atoms in total. The molecule has 1 fully saturated rings. The number of carbonyl (C=O) groups excluding carboxylic acids is 2. The molecule has 1 aliphatic heterocycles. The van der Waals surface area contributed by atoms with Gasteiger partial charge >= 0.3 is 0 Å². The number of thioether (sulfide) groups is 1. The lowest BCUT2D eigenvalue weighted by atomic mass is 10.1. The Morgan fingerprint density at radius 2 is 1.77 bits per heavy atom. The standard InChI is InChI=1S/C17H24N2O2S/c1-10(2)18-15(20)14(22-16(18)21)9-13-8-11(3)19(12(13)4)17(5,6)7/h8-10H,1-7H3/b14-9+. The van der Waals surface area contributed by atoms with E-state index in [0.29, 0.717) is 4.91 Å². The first kappa shape index (κ1) is 16.9. The molecule has 0 N–H and O–H groups in total. The quantitative estimate of drug-likeness (QED) is 0.763. The lowest BCUT2D eigenvalue weighted by Gasteiger charge is -2.25. The topological polar surface area (TPSA) is 42.3 Å². The first-order valence-electron chi connectivity index (χ1n) is 7.50. The van der Waals surface area contributed by atoms with Crippen molar-refractivity contribution >= 4 is 29.0 Å². The molecule has 0 bridgehead atoms. The average Bonchev–Trinajstić information content (AvgIpc) is 2.76. The minimum Gasteiger partial charge on any atom is -0.343 e. The Morgan fingerprint density at radius 3 is 2.18 bits per heavy atom. The summed E-state index contributed by atoms with van der Waals surface area (Å²) in [4.78, 5) is 26.2. The van der Waals surface area contributed by atoms with Crippen LogP contribution in [0, 0.1) is 13.8 Å². The summed E-state index contributed by atoms with van der Waals surface area (Å²) < 4.78 is 2.26. The Hall–Kier alpha value is -1.49. The van der Waals surface area contributed by atoms with E-state index >= 15 is 0 Å². The zero-order chi connectivity index (χ0) is 16.8. The fourth-order valence-electron chi connectivity index (χ4n) is 3.03. The Bertz CT molecular complexity index is 663. The van der Waals surface area contributed by atoms with E-state index in [1.54, 1.807) is 0 Å². The molecule has 1 saturated heterocycles. The molecule has 0 atom stereocenters. The highest BCUT2D eigenvalue weighted by molar-refractivity contribution is 8.18. The minimum atomic E-state index is -0.189. The van der Waals surface area contributed by atoms with Gasteiger partial charge in [0, 0.05) is 23.0 Å². The Morgan fingerprint density at radius 1 is 1.18 bits per heavy atom. The number of hydrogen-bond acceptors (Lipinski definition) is 3. The maximum atomic E-state index is 12.4. The number of carbonyl (C=O) groups is 2. The van der Waals surface area contributed by atoms with Gasteiger partial charge in [0.1, 0.15) is 0 Å². The summed E-state index contributed by atoms with van der Waals surface area (Å²) in [7, 11) is 0. The van der Waals surface area contributed by atoms with Gasteiger partial charge in [0.25, 0.3) is 11.1 Å². The SMILES string of the molecule is Cc1cc(/C=C2/SC(=O)N(C(C)C)C2=O)c(C)n1C(C)(C)C. The Kier molecular flexibility index (Phi) is 4.30. The molecule has 1 aromatic heterocycles. The molecule has 2 heterocycles. The lowest BCUT2D eigenvalue weighted by molar-refractivity contribution is -0.123.